The van der Waals surface area contributed by atoms with Crippen molar-refractivity contribution in [3.63, 3.8) is 0 Å². The maximum atomic E-state index is 12.7. The number of benzene rings is 2. The zero-order chi connectivity index (χ0) is 19.8. The second kappa shape index (κ2) is 8.23. The molecule has 27 heavy (non-hydrogen) atoms. The first-order chi connectivity index (χ1) is 12.7. The largest absolute Gasteiger partial charge is 0.487 e. The molecule has 0 radical (unpaired) electrons. The molecule has 1 aliphatic rings. The van der Waals surface area contributed by atoms with Crippen LogP contribution in [0.3, 0.4) is 0 Å². The molecule has 10 heteroatoms. The summed E-state index contributed by atoms with van der Waals surface area (Å²) in [7, 11) is -1.97. The van der Waals surface area contributed by atoms with Crippen molar-refractivity contribution in [1.29, 1.82) is 0 Å². The van der Waals surface area contributed by atoms with Gasteiger partial charge in [-0.1, -0.05) is 46.4 Å². The number of nitrogens with one attached hydrogen (secondary N) is 1. The van der Waals surface area contributed by atoms with Gasteiger partial charge in [-0.05, 0) is 37.7 Å². The molecule has 1 N–H and O–H groups in total. The van der Waals surface area contributed by atoms with Crippen molar-refractivity contribution < 1.29 is 13.2 Å². The third-order valence-electron chi connectivity index (χ3n) is 4.09. The van der Waals surface area contributed by atoms with Crippen LogP contribution in [0.2, 0.25) is 20.1 Å². The van der Waals surface area contributed by atoms with Gasteiger partial charge in [-0.2, -0.15) is 0 Å². The average Bonchev–Trinajstić information content (AvgIpc) is 2.98. The number of likely N-dealkylation sites (tertiary alicyclic amines) is 1. The molecule has 1 saturated heterocycles. The molecule has 1 atom stereocenters. The number of likely N-dealkylation sites (N-methyl/N-ethyl adjacent to an activating group) is 1. The summed E-state index contributed by atoms with van der Waals surface area (Å²) < 4.78 is 33.8. The average molecular weight is 470 g/mol. The molecule has 0 spiro atoms. The Morgan fingerprint density at radius 3 is 2.41 bits per heavy atom. The predicted molar refractivity (Wildman–Crippen MR) is 110 cm³/mol. The Labute approximate surface area is 178 Å². The lowest BCUT2D eigenvalue weighted by molar-refractivity contribution is 0.208. The number of sulfonamides is 1. The molecule has 5 nitrogen and oxygen atoms in total. The second-order valence-electron chi connectivity index (χ2n) is 6.24. The van der Waals surface area contributed by atoms with Gasteiger partial charge in [0.1, 0.15) is 16.7 Å². The minimum Gasteiger partial charge on any atom is -0.487 e. The van der Waals surface area contributed by atoms with Crippen LogP contribution in [0.15, 0.2) is 35.2 Å². The van der Waals surface area contributed by atoms with Gasteiger partial charge in [-0.3, -0.25) is 4.72 Å². The monoisotopic (exact) mass is 468 g/mol. The van der Waals surface area contributed by atoms with E-state index in [0.717, 1.165) is 19.5 Å². The summed E-state index contributed by atoms with van der Waals surface area (Å²) in [6, 6.07) is 7.15. The Morgan fingerprint density at radius 2 is 1.74 bits per heavy atom. The number of hydrogen-bond acceptors (Lipinski definition) is 4. The van der Waals surface area contributed by atoms with E-state index in [0.29, 0.717) is 16.5 Å². The number of anilines is 1. The minimum absolute atomic E-state index is 0.00359. The molecular weight excluding hydrogens is 454 g/mol. The molecule has 0 aromatic heterocycles. The van der Waals surface area contributed by atoms with E-state index in [-0.39, 0.29) is 26.1 Å². The van der Waals surface area contributed by atoms with Crippen molar-refractivity contribution >= 4 is 62.1 Å². The Balaban J connectivity index is 1.85. The van der Waals surface area contributed by atoms with Crippen molar-refractivity contribution in [2.24, 2.45) is 0 Å². The van der Waals surface area contributed by atoms with Gasteiger partial charge >= 0.3 is 0 Å². The Morgan fingerprint density at radius 1 is 1.04 bits per heavy atom. The number of rotatable bonds is 5. The molecule has 1 fully saturated rings. The molecule has 0 unspecified atom stereocenters. The smallest absolute Gasteiger partial charge is 0.263 e. The Bertz CT molecular complexity index is 969. The van der Waals surface area contributed by atoms with E-state index >= 15 is 0 Å². The Kier molecular flexibility index (Phi) is 6.35. The van der Waals surface area contributed by atoms with Gasteiger partial charge in [0.05, 0.1) is 25.8 Å². The maximum Gasteiger partial charge on any atom is 0.263 e. The van der Waals surface area contributed by atoms with Crippen molar-refractivity contribution in [3.05, 3.63) is 50.4 Å². The minimum atomic E-state index is -3.98. The molecule has 0 saturated carbocycles. The highest BCUT2D eigenvalue weighted by molar-refractivity contribution is 7.92. The normalized spacial score (nSPS) is 17.9. The molecule has 1 aliphatic heterocycles. The van der Waals surface area contributed by atoms with Crippen LogP contribution < -0.4 is 9.46 Å². The van der Waals surface area contributed by atoms with E-state index in [9.17, 15) is 8.42 Å². The fraction of sp³-hybridized carbons (Fsp3) is 0.294. The zero-order valence-corrected chi connectivity index (χ0v) is 18.0. The lowest BCUT2D eigenvalue weighted by Crippen LogP contribution is -2.21. The van der Waals surface area contributed by atoms with Crippen LogP contribution in [0, 0.1) is 0 Å². The summed E-state index contributed by atoms with van der Waals surface area (Å²) in [6.45, 7) is 1.72. The van der Waals surface area contributed by atoms with Gasteiger partial charge in [-0.25, -0.2) is 8.42 Å². The molecule has 0 amide bonds. The van der Waals surface area contributed by atoms with Crippen molar-refractivity contribution in [2.45, 2.75) is 17.4 Å². The second-order valence-corrected chi connectivity index (χ2v) is 9.52. The number of hydrogen-bond donors (Lipinski definition) is 1. The van der Waals surface area contributed by atoms with E-state index < -0.39 is 10.0 Å². The van der Waals surface area contributed by atoms with Gasteiger partial charge < -0.3 is 9.64 Å². The molecule has 146 valence electrons. The first-order valence-corrected chi connectivity index (χ1v) is 11.0. The van der Waals surface area contributed by atoms with E-state index in [1.54, 1.807) is 18.2 Å². The van der Waals surface area contributed by atoms with Crippen LogP contribution in [-0.2, 0) is 10.0 Å². The van der Waals surface area contributed by atoms with E-state index in [2.05, 4.69) is 9.62 Å². The summed E-state index contributed by atoms with van der Waals surface area (Å²) in [5, 5.41) is 0.632. The van der Waals surface area contributed by atoms with Crippen molar-refractivity contribution in [2.75, 3.05) is 24.9 Å². The van der Waals surface area contributed by atoms with E-state index in [4.69, 9.17) is 51.1 Å². The van der Waals surface area contributed by atoms with Crippen molar-refractivity contribution in [1.82, 2.24) is 4.90 Å². The quantitative estimate of drug-likeness (QED) is 0.612. The lowest BCUT2D eigenvalue weighted by Gasteiger charge is -2.16. The maximum absolute atomic E-state index is 12.7. The van der Waals surface area contributed by atoms with Gasteiger partial charge in [0.25, 0.3) is 10.0 Å². The lowest BCUT2D eigenvalue weighted by atomic mass is 10.3. The first-order valence-electron chi connectivity index (χ1n) is 7.98. The highest BCUT2D eigenvalue weighted by Crippen LogP contribution is 2.34. The number of ether oxygens (including phenoxy) is 1. The van der Waals surface area contributed by atoms with Gasteiger partial charge in [0, 0.05) is 19.2 Å². The van der Waals surface area contributed by atoms with Crippen LogP contribution in [0.4, 0.5) is 5.69 Å². The standard InChI is InChI=1S/C17H16Cl4N2O3S/c1-23-5-4-11(9-23)26-16-6-10(2-3-12(16)18)22-27(24,25)17-8-14(20)13(19)7-15(17)21/h2-3,6-8,11,22H,4-5,9H2,1H3/t11-/m1/s1. The Hall–Kier alpha value is -0.890. The SMILES string of the molecule is CN1CC[C@@H](Oc2cc(NS(=O)(=O)c3cc(Cl)c(Cl)cc3Cl)ccc2Cl)C1. The highest BCUT2D eigenvalue weighted by Gasteiger charge is 2.23. The van der Waals surface area contributed by atoms with Crippen LogP contribution in [-0.4, -0.2) is 39.6 Å². The topological polar surface area (TPSA) is 58.6 Å². The summed E-state index contributed by atoms with van der Waals surface area (Å²) in [4.78, 5) is 1.98. The summed E-state index contributed by atoms with van der Waals surface area (Å²) >= 11 is 24.0. The number of nitrogens with zero attached hydrogens (tertiary/aromatic N) is 1. The third kappa shape index (κ3) is 4.94. The predicted octanol–water partition coefficient (Wildman–Crippen LogP) is 5.18. The van der Waals surface area contributed by atoms with Crippen molar-refractivity contribution in [3.8, 4) is 5.75 Å². The fourth-order valence-corrected chi connectivity index (χ4v) is 4.96. The summed E-state index contributed by atoms with van der Waals surface area (Å²) in [6.07, 6.45) is 0.880. The van der Waals surface area contributed by atoms with Crippen LogP contribution in [0.25, 0.3) is 0 Å². The third-order valence-corrected chi connectivity index (χ3v) is 6.97. The van der Waals surface area contributed by atoms with E-state index in [1.165, 1.54) is 12.1 Å². The van der Waals surface area contributed by atoms with Crippen LogP contribution >= 0.6 is 46.4 Å². The first kappa shape index (κ1) is 20.8. The summed E-state index contributed by atoms with van der Waals surface area (Å²) in [5.41, 5.74) is 0.294. The molecule has 0 aliphatic carbocycles. The molecule has 2 aromatic carbocycles. The van der Waals surface area contributed by atoms with E-state index in [1.807, 2.05) is 7.05 Å². The molecule has 1 heterocycles. The fourth-order valence-electron chi connectivity index (χ4n) is 2.75. The molecule has 0 bridgehead atoms. The van der Waals surface area contributed by atoms with Gasteiger partial charge in [0.2, 0.25) is 0 Å². The summed E-state index contributed by atoms with van der Waals surface area (Å²) in [5.74, 6) is 0.414. The highest BCUT2D eigenvalue weighted by atomic mass is 35.5. The zero-order valence-electron chi connectivity index (χ0n) is 14.2. The number of halogens is 4. The van der Waals surface area contributed by atoms with Crippen LogP contribution in [0.1, 0.15) is 6.42 Å². The van der Waals surface area contributed by atoms with Crippen LogP contribution in [0.5, 0.6) is 5.75 Å². The molecular formula is C17H16Cl4N2O3S. The molecule has 3 rings (SSSR count). The van der Waals surface area contributed by atoms with Gasteiger partial charge in [-0.15, -0.1) is 0 Å². The van der Waals surface area contributed by atoms with Gasteiger partial charge in [0.15, 0.2) is 0 Å². The molecule has 2 aromatic rings.